The zero-order valence-corrected chi connectivity index (χ0v) is 11.4. The molecule has 1 aromatic carbocycles. The van der Waals surface area contributed by atoms with E-state index in [0.29, 0.717) is 29.9 Å². The summed E-state index contributed by atoms with van der Waals surface area (Å²) in [5.41, 5.74) is 1.29. The zero-order valence-electron chi connectivity index (χ0n) is 11.4. The summed E-state index contributed by atoms with van der Waals surface area (Å²) in [7, 11) is 3.02. The SMILES string of the molecule is COc1cc(OC)c(C(C)=O)cc1CCCC(=O)O. The van der Waals surface area contributed by atoms with Gasteiger partial charge in [-0.2, -0.15) is 0 Å². The molecule has 1 aromatic rings. The van der Waals surface area contributed by atoms with Crippen molar-refractivity contribution in [2.45, 2.75) is 26.2 Å². The van der Waals surface area contributed by atoms with E-state index in [-0.39, 0.29) is 12.2 Å². The summed E-state index contributed by atoms with van der Waals surface area (Å²) in [5.74, 6) is 0.136. The quantitative estimate of drug-likeness (QED) is 0.767. The highest BCUT2D eigenvalue weighted by atomic mass is 16.5. The van der Waals surface area contributed by atoms with Crippen LogP contribution in [0.15, 0.2) is 12.1 Å². The summed E-state index contributed by atoms with van der Waals surface area (Å²) in [5, 5.41) is 8.64. The van der Waals surface area contributed by atoms with Gasteiger partial charge in [-0.25, -0.2) is 0 Å². The van der Waals surface area contributed by atoms with Gasteiger partial charge in [-0.3, -0.25) is 9.59 Å². The largest absolute Gasteiger partial charge is 0.496 e. The van der Waals surface area contributed by atoms with Gasteiger partial charge in [-0.15, -0.1) is 0 Å². The Morgan fingerprint density at radius 2 is 1.79 bits per heavy atom. The Morgan fingerprint density at radius 1 is 1.16 bits per heavy atom. The molecule has 104 valence electrons. The number of carbonyl (C=O) groups is 2. The molecule has 0 fully saturated rings. The lowest BCUT2D eigenvalue weighted by Gasteiger charge is -2.13. The van der Waals surface area contributed by atoms with E-state index in [1.54, 1.807) is 12.1 Å². The standard InChI is InChI=1S/C14H18O5/c1-9(15)11-7-10(5-4-6-14(16)17)12(18-2)8-13(11)19-3/h7-8H,4-6H2,1-3H3,(H,16,17). The summed E-state index contributed by atoms with van der Waals surface area (Å²) in [6.07, 6.45) is 1.12. The van der Waals surface area contributed by atoms with E-state index in [1.807, 2.05) is 0 Å². The summed E-state index contributed by atoms with van der Waals surface area (Å²) < 4.78 is 10.4. The van der Waals surface area contributed by atoms with Crippen LogP contribution >= 0.6 is 0 Å². The molecule has 0 aromatic heterocycles. The highest BCUT2D eigenvalue weighted by Crippen LogP contribution is 2.30. The van der Waals surface area contributed by atoms with Crippen molar-refractivity contribution >= 4 is 11.8 Å². The van der Waals surface area contributed by atoms with Gasteiger partial charge in [0.05, 0.1) is 19.8 Å². The van der Waals surface area contributed by atoms with E-state index < -0.39 is 5.97 Å². The van der Waals surface area contributed by atoms with Crippen molar-refractivity contribution in [3.05, 3.63) is 23.3 Å². The smallest absolute Gasteiger partial charge is 0.303 e. The minimum Gasteiger partial charge on any atom is -0.496 e. The Kier molecular flexibility index (Phi) is 5.36. The van der Waals surface area contributed by atoms with Crippen molar-refractivity contribution in [3.63, 3.8) is 0 Å². The molecule has 0 saturated carbocycles. The van der Waals surface area contributed by atoms with Crippen molar-refractivity contribution in [2.24, 2.45) is 0 Å². The average Bonchev–Trinajstić information content (AvgIpc) is 2.37. The number of ether oxygens (including phenoxy) is 2. The number of carboxylic acid groups (broad SMARTS) is 1. The molecule has 0 saturated heterocycles. The van der Waals surface area contributed by atoms with E-state index in [0.717, 1.165) is 5.56 Å². The fourth-order valence-electron chi connectivity index (χ4n) is 1.87. The van der Waals surface area contributed by atoms with Crippen molar-refractivity contribution < 1.29 is 24.2 Å². The molecule has 0 atom stereocenters. The second-order valence-corrected chi connectivity index (χ2v) is 4.17. The Morgan fingerprint density at radius 3 is 2.26 bits per heavy atom. The lowest BCUT2D eigenvalue weighted by Crippen LogP contribution is -2.03. The van der Waals surface area contributed by atoms with Gasteiger partial charge < -0.3 is 14.6 Å². The number of ketones is 1. The highest BCUT2D eigenvalue weighted by molar-refractivity contribution is 5.97. The summed E-state index contributed by atoms with van der Waals surface area (Å²) >= 11 is 0. The highest BCUT2D eigenvalue weighted by Gasteiger charge is 2.14. The third-order valence-corrected chi connectivity index (χ3v) is 2.82. The summed E-state index contributed by atoms with van der Waals surface area (Å²) in [6.45, 7) is 1.46. The predicted octanol–water partition coefficient (Wildman–Crippen LogP) is 2.31. The van der Waals surface area contributed by atoms with E-state index in [1.165, 1.54) is 21.1 Å². The van der Waals surface area contributed by atoms with Gasteiger partial charge in [0.2, 0.25) is 0 Å². The Balaban J connectivity index is 3.04. The molecule has 0 unspecified atom stereocenters. The molecule has 0 spiro atoms. The van der Waals surface area contributed by atoms with Crippen LogP contribution in [-0.4, -0.2) is 31.1 Å². The first kappa shape index (κ1) is 15.0. The monoisotopic (exact) mass is 266 g/mol. The maximum absolute atomic E-state index is 11.5. The van der Waals surface area contributed by atoms with Gasteiger partial charge in [0, 0.05) is 12.5 Å². The predicted molar refractivity (Wildman–Crippen MR) is 70.1 cm³/mol. The number of hydrogen-bond acceptors (Lipinski definition) is 4. The maximum Gasteiger partial charge on any atom is 0.303 e. The minimum atomic E-state index is -0.834. The molecule has 0 heterocycles. The fraction of sp³-hybridized carbons (Fsp3) is 0.429. The molecule has 0 amide bonds. The second-order valence-electron chi connectivity index (χ2n) is 4.17. The van der Waals surface area contributed by atoms with Crippen molar-refractivity contribution in [1.82, 2.24) is 0 Å². The van der Waals surface area contributed by atoms with Crippen LogP contribution in [0.5, 0.6) is 11.5 Å². The molecule has 0 bridgehead atoms. The summed E-state index contributed by atoms with van der Waals surface area (Å²) in [6, 6.07) is 3.37. The first-order valence-corrected chi connectivity index (χ1v) is 5.97. The number of methoxy groups -OCH3 is 2. The van der Waals surface area contributed by atoms with Gasteiger partial charge in [-0.05, 0) is 31.4 Å². The van der Waals surface area contributed by atoms with Crippen LogP contribution in [-0.2, 0) is 11.2 Å². The molecular formula is C14H18O5. The third kappa shape index (κ3) is 3.98. The molecule has 0 aliphatic carbocycles. The average molecular weight is 266 g/mol. The number of hydrogen-bond donors (Lipinski definition) is 1. The van der Waals surface area contributed by atoms with Gasteiger partial charge in [0.1, 0.15) is 11.5 Å². The first-order valence-electron chi connectivity index (χ1n) is 5.97. The number of aliphatic carboxylic acids is 1. The van der Waals surface area contributed by atoms with Crippen LogP contribution in [0.4, 0.5) is 0 Å². The Hall–Kier alpha value is -2.04. The normalized spacial score (nSPS) is 10.1. The van der Waals surface area contributed by atoms with Crippen LogP contribution in [0, 0.1) is 0 Å². The molecule has 1 rings (SSSR count). The van der Waals surface area contributed by atoms with Crippen LogP contribution < -0.4 is 9.47 Å². The second kappa shape index (κ2) is 6.78. The molecule has 5 heteroatoms. The minimum absolute atomic E-state index is 0.0879. The first-order chi connectivity index (χ1) is 8.99. The Bertz CT molecular complexity index is 479. The van der Waals surface area contributed by atoms with Crippen LogP contribution in [0.3, 0.4) is 0 Å². The number of carboxylic acids is 1. The molecule has 5 nitrogen and oxygen atoms in total. The van der Waals surface area contributed by atoms with E-state index in [9.17, 15) is 9.59 Å². The third-order valence-electron chi connectivity index (χ3n) is 2.82. The summed E-state index contributed by atoms with van der Waals surface area (Å²) in [4.78, 5) is 22.1. The molecular weight excluding hydrogens is 248 g/mol. The van der Waals surface area contributed by atoms with Gasteiger partial charge in [0.15, 0.2) is 5.78 Å². The zero-order chi connectivity index (χ0) is 14.4. The number of Topliss-reactive ketones (excluding diaryl/α,β-unsaturated/α-hetero) is 1. The Labute approximate surface area is 112 Å². The van der Waals surface area contributed by atoms with Crippen LogP contribution in [0.25, 0.3) is 0 Å². The topological polar surface area (TPSA) is 72.8 Å². The number of benzene rings is 1. The van der Waals surface area contributed by atoms with Crippen LogP contribution in [0.2, 0.25) is 0 Å². The van der Waals surface area contributed by atoms with Crippen LogP contribution in [0.1, 0.15) is 35.7 Å². The maximum atomic E-state index is 11.5. The molecule has 0 aliphatic rings. The molecule has 19 heavy (non-hydrogen) atoms. The van der Waals surface area contributed by atoms with E-state index in [2.05, 4.69) is 0 Å². The lowest BCUT2D eigenvalue weighted by molar-refractivity contribution is -0.137. The molecule has 0 aliphatic heterocycles. The number of rotatable bonds is 7. The van der Waals surface area contributed by atoms with E-state index >= 15 is 0 Å². The molecule has 1 N–H and O–H groups in total. The molecule has 0 radical (unpaired) electrons. The number of aryl methyl sites for hydroxylation is 1. The van der Waals surface area contributed by atoms with Crippen molar-refractivity contribution in [2.75, 3.05) is 14.2 Å². The van der Waals surface area contributed by atoms with E-state index in [4.69, 9.17) is 14.6 Å². The number of carbonyl (C=O) groups excluding carboxylic acids is 1. The van der Waals surface area contributed by atoms with Crippen molar-refractivity contribution in [1.29, 1.82) is 0 Å². The van der Waals surface area contributed by atoms with Gasteiger partial charge in [-0.1, -0.05) is 0 Å². The van der Waals surface area contributed by atoms with Gasteiger partial charge >= 0.3 is 5.97 Å². The fourth-order valence-corrected chi connectivity index (χ4v) is 1.87. The van der Waals surface area contributed by atoms with Gasteiger partial charge in [0.25, 0.3) is 0 Å². The lowest BCUT2D eigenvalue weighted by atomic mass is 10.0. The van der Waals surface area contributed by atoms with Crippen molar-refractivity contribution in [3.8, 4) is 11.5 Å².